The van der Waals surface area contributed by atoms with Gasteiger partial charge in [-0.25, -0.2) is 4.79 Å². The zero-order valence-electron chi connectivity index (χ0n) is 21.6. The maximum absolute atomic E-state index is 12.6. The highest BCUT2D eigenvalue weighted by molar-refractivity contribution is 6.11. The Bertz CT molecular complexity index is 1880. The van der Waals surface area contributed by atoms with Gasteiger partial charge in [-0.3, -0.25) is 4.79 Å². The molecule has 6 rings (SSSR count). The first-order valence-corrected chi connectivity index (χ1v) is 13.0. The Morgan fingerprint density at radius 3 is 2.08 bits per heavy atom. The third-order valence-electron chi connectivity index (χ3n) is 7.05. The molecule has 6 aromatic carbocycles. The summed E-state index contributed by atoms with van der Waals surface area (Å²) in [6, 6.07) is 38.4. The van der Waals surface area contributed by atoms with Crippen molar-refractivity contribution in [2.24, 2.45) is 0 Å². The Kier molecular flexibility index (Phi) is 6.69. The van der Waals surface area contributed by atoms with Gasteiger partial charge in [-0.1, -0.05) is 91.0 Å². The molecule has 0 unspecified atom stereocenters. The fourth-order valence-corrected chi connectivity index (χ4v) is 5.25. The van der Waals surface area contributed by atoms with Gasteiger partial charge >= 0.3 is 6.03 Å². The average molecular weight is 523 g/mol. The number of rotatable bonds is 6. The van der Waals surface area contributed by atoms with Crippen LogP contribution in [0.15, 0.2) is 121 Å². The number of amides is 2. The fourth-order valence-electron chi connectivity index (χ4n) is 5.25. The Labute approximate surface area is 231 Å². The standard InChI is InChI=1S/C35H26N2O3/c38-22-27-21-25-11-5-7-16-31(25)33(34(27)39)32-26(18-17-24-10-4-6-15-30(24)32)19-23-9-8-14-29(20-23)37-35(40)36-28-12-2-1-3-13-28/h1-18,20-22,39H,19H2,(H2,36,37,40). The molecule has 5 nitrogen and oxygen atoms in total. The van der Waals surface area contributed by atoms with Crippen LogP contribution in [0.2, 0.25) is 0 Å². The van der Waals surface area contributed by atoms with Crippen LogP contribution in [0, 0.1) is 0 Å². The molecule has 3 N–H and O–H groups in total. The monoisotopic (exact) mass is 522 g/mol. The first-order valence-electron chi connectivity index (χ1n) is 13.0. The first kappa shape index (κ1) is 24.9. The van der Waals surface area contributed by atoms with Crippen LogP contribution in [0.1, 0.15) is 21.5 Å². The normalized spacial score (nSPS) is 10.9. The van der Waals surface area contributed by atoms with Gasteiger partial charge in [0.15, 0.2) is 6.29 Å². The third-order valence-corrected chi connectivity index (χ3v) is 7.05. The van der Waals surface area contributed by atoms with Gasteiger partial charge in [0.05, 0.1) is 5.56 Å². The zero-order chi connectivity index (χ0) is 27.5. The molecule has 0 spiro atoms. The highest BCUT2D eigenvalue weighted by Crippen LogP contribution is 2.44. The summed E-state index contributed by atoms with van der Waals surface area (Å²) in [7, 11) is 0. The summed E-state index contributed by atoms with van der Waals surface area (Å²) >= 11 is 0. The number of fused-ring (bicyclic) bond motifs is 2. The molecule has 0 saturated heterocycles. The summed E-state index contributed by atoms with van der Waals surface area (Å²) in [5, 5.41) is 20.9. The van der Waals surface area contributed by atoms with Crippen LogP contribution in [0.25, 0.3) is 32.7 Å². The van der Waals surface area contributed by atoms with E-state index < -0.39 is 0 Å². The molecule has 194 valence electrons. The van der Waals surface area contributed by atoms with Gasteiger partial charge in [-0.05, 0) is 75.0 Å². The second-order valence-corrected chi connectivity index (χ2v) is 9.67. The molecule has 0 fully saturated rings. The van der Waals surface area contributed by atoms with Gasteiger partial charge in [0.25, 0.3) is 0 Å². The Hall–Kier alpha value is -5.42. The van der Waals surface area contributed by atoms with Crippen LogP contribution in [0.5, 0.6) is 5.75 Å². The number of aromatic hydroxyl groups is 1. The van der Waals surface area contributed by atoms with E-state index in [1.807, 2.05) is 103 Å². The van der Waals surface area contributed by atoms with E-state index in [0.717, 1.165) is 38.2 Å². The van der Waals surface area contributed by atoms with Crippen LogP contribution in [-0.2, 0) is 6.42 Å². The molecule has 0 aliphatic rings. The molecule has 0 saturated carbocycles. The lowest BCUT2D eigenvalue weighted by molar-refractivity contribution is 0.112. The number of urea groups is 1. The highest BCUT2D eigenvalue weighted by atomic mass is 16.3. The molecule has 2 amide bonds. The van der Waals surface area contributed by atoms with E-state index in [0.29, 0.717) is 29.6 Å². The number of aldehydes is 1. The number of para-hydroxylation sites is 1. The van der Waals surface area contributed by atoms with Gasteiger partial charge < -0.3 is 15.7 Å². The predicted octanol–water partition coefficient (Wildman–Crippen LogP) is 8.41. The van der Waals surface area contributed by atoms with Crippen molar-refractivity contribution in [2.75, 3.05) is 10.6 Å². The topological polar surface area (TPSA) is 78.4 Å². The number of carbonyl (C=O) groups excluding carboxylic acids is 2. The van der Waals surface area contributed by atoms with Crippen molar-refractivity contribution >= 4 is 45.2 Å². The average Bonchev–Trinajstić information content (AvgIpc) is 2.98. The summed E-state index contributed by atoms with van der Waals surface area (Å²) in [6.45, 7) is 0. The second-order valence-electron chi connectivity index (χ2n) is 9.67. The van der Waals surface area contributed by atoms with Crippen molar-refractivity contribution in [3.05, 3.63) is 138 Å². The van der Waals surface area contributed by atoms with E-state index in [2.05, 4.69) is 22.8 Å². The first-order chi connectivity index (χ1) is 19.6. The Morgan fingerprint density at radius 1 is 0.650 bits per heavy atom. The minimum Gasteiger partial charge on any atom is -0.507 e. The van der Waals surface area contributed by atoms with Crippen LogP contribution in [0.3, 0.4) is 0 Å². The Morgan fingerprint density at radius 2 is 1.30 bits per heavy atom. The van der Waals surface area contributed by atoms with Crippen molar-refractivity contribution in [3.8, 4) is 16.9 Å². The van der Waals surface area contributed by atoms with Crippen molar-refractivity contribution in [1.82, 2.24) is 0 Å². The third kappa shape index (κ3) is 4.88. The smallest absolute Gasteiger partial charge is 0.323 e. The van der Waals surface area contributed by atoms with E-state index in [-0.39, 0.29) is 17.3 Å². The van der Waals surface area contributed by atoms with Crippen LogP contribution in [-0.4, -0.2) is 17.4 Å². The van der Waals surface area contributed by atoms with Crippen LogP contribution < -0.4 is 10.6 Å². The van der Waals surface area contributed by atoms with Crippen molar-refractivity contribution in [3.63, 3.8) is 0 Å². The Balaban J connectivity index is 1.43. The van der Waals surface area contributed by atoms with E-state index in [4.69, 9.17) is 0 Å². The van der Waals surface area contributed by atoms with E-state index in [1.165, 1.54) is 0 Å². The predicted molar refractivity (Wildman–Crippen MR) is 162 cm³/mol. The molecule has 40 heavy (non-hydrogen) atoms. The van der Waals surface area contributed by atoms with E-state index in [1.54, 1.807) is 6.07 Å². The van der Waals surface area contributed by atoms with Gasteiger partial charge in [0.1, 0.15) is 5.75 Å². The largest absolute Gasteiger partial charge is 0.507 e. The van der Waals surface area contributed by atoms with Gasteiger partial charge in [0.2, 0.25) is 0 Å². The number of anilines is 2. The number of benzene rings is 6. The number of nitrogens with one attached hydrogen (secondary N) is 2. The molecule has 0 atom stereocenters. The number of phenols is 1. The maximum Gasteiger partial charge on any atom is 0.323 e. The number of hydrogen-bond donors (Lipinski definition) is 3. The number of phenolic OH excluding ortho intramolecular Hbond substituents is 1. The molecule has 5 heteroatoms. The lowest BCUT2D eigenvalue weighted by atomic mass is 9.86. The summed E-state index contributed by atoms with van der Waals surface area (Å²) in [5.74, 6) is -0.0284. The quantitative estimate of drug-likeness (QED) is 0.192. The SMILES string of the molecule is O=Cc1cc2ccccc2c(-c2c(Cc3cccc(NC(=O)Nc4ccccc4)c3)ccc3ccccc23)c1O. The number of carbonyl (C=O) groups is 2. The molecule has 0 aliphatic heterocycles. The van der Waals surface area contributed by atoms with Crippen molar-refractivity contribution < 1.29 is 14.7 Å². The zero-order valence-corrected chi connectivity index (χ0v) is 21.6. The van der Waals surface area contributed by atoms with Gasteiger partial charge in [0, 0.05) is 16.9 Å². The lowest BCUT2D eigenvalue weighted by Gasteiger charge is -2.18. The molecule has 0 radical (unpaired) electrons. The van der Waals surface area contributed by atoms with Crippen LogP contribution >= 0.6 is 0 Å². The molecule has 0 heterocycles. The molecule has 0 aliphatic carbocycles. The maximum atomic E-state index is 12.6. The molecular formula is C35H26N2O3. The van der Waals surface area contributed by atoms with E-state index >= 15 is 0 Å². The van der Waals surface area contributed by atoms with Crippen LogP contribution in [0.4, 0.5) is 16.2 Å². The molecular weight excluding hydrogens is 496 g/mol. The van der Waals surface area contributed by atoms with Gasteiger partial charge in [-0.2, -0.15) is 0 Å². The number of hydrogen-bond acceptors (Lipinski definition) is 3. The fraction of sp³-hybridized carbons (Fsp3) is 0.0286. The minimum absolute atomic E-state index is 0.0284. The van der Waals surface area contributed by atoms with Gasteiger partial charge in [-0.15, -0.1) is 0 Å². The molecule has 6 aromatic rings. The summed E-state index contributed by atoms with van der Waals surface area (Å²) in [6.07, 6.45) is 1.25. The lowest BCUT2D eigenvalue weighted by Crippen LogP contribution is -2.19. The summed E-state index contributed by atoms with van der Waals surface area (Å²) in [4.78, 5) is 24.5. The van der Waals surface area contributed by atoms with Crippen molar-refractivity contribution in [2.45, 2.75) is 6.42 Å². The summed E-state index contributed by atoms with van der Waals surface area (Å²) in [5.41, 5.74) is 5.14. The van der Waals surface area contributed by atoms with E-state index in [9.17, 15) is 14.7 Å². The second kappa shape index (κ2) is 10.8. The highest BCUT2D eigenvalue weighted by Gasteiger charge is 2.20. The molecule has 0 bridgehead atoms. The molecule has 0 aromatic heterocycles. The minimum atomic E-state index is -0.322. The van der Waals surface area contributed by atoms with Crippen molar-refractivity contribution in [1.29, 1.82) is 0 Å². The summed E-state index contributed by atoms with van der Waals surface area (Å²) < 4.78 is 0.